The number of ether oxygens (including phenoxy) is 1. The van der Waals surface area contributed by atoms with Gasteiger partial charge in [0.1, 0.15) is 0 Å². The van der Waals surface area contributed by atoms with Crippen LogP contribution in [0.15, 0.2) is 24.2 Å². The fraction of sp³-hybridized carbons (Fsp3) is 0.667. The van der Waals surface area contributed by atoms with Crippen molar-refractivity contribution in [2.45, 2.75) is 31.7 Å². The first-order chi connectivity index (χ1) is 11.6. The van der Waals surface area contributed by atoms with Crippen molar-refractivity contribution in [1.82, 2.24) is 19.6 Å². The number of piperidine rings is 1. The van der Waals surface area contributed by atoms with Gasteiger partial charge in [-0.25, -0.2) is 0 Å². The van der Waals surface area contributed by atoms with Gasteiger partial charge in [0.25, 0.3) is 5.91 Å². The van der Waals surface area contributed by atoms with Gasteiger partial charge in [0, 0.05) is 38.4 Å². The second-order valence-electron chi connectivity index (χ2n) is 7.08. The van der Waals surface area contributed by atoms with Crippen LogP contribution in [-0.4, -0.2) is 59.3 Å². The van der Waals surface area contributed by atoms with E-state index >= 15 is 0 Å². The average molecular weight is 332 g/mol. The maximum absolute atomic E-state index is 12.6. The van der Waals surface area contributed by atoms with Gasteiger partial charge in [-0.15, -0.1) is 0 Å². The van der Waals surface area contributed by atoms with Crippen molar-refractivity contribution in [1.29, 1.82) is 0 Å². The third kappa shape index (κ3) is 3.64. The van der Waals surface area contributed by atoms with Crippen LogP contribution in [-0.2, 0) is 16.6 Å². The average Bonchev–Trinajstić information content (AvgIpc) is 3.01. The molecule has 0 bridgehead atoms. The molecule has 1 aromatic rings. The molecule has 24 heavy (non-hydrogen) atoms. The third-order valence-electron chi connectivity index (χ3n) is 5.14. The van der Waals surface area contributed by atoms with Gasteiger partial charge in [-0.1, -0.05) is 0 Å². The Morgan fingerprint density at radius 3 is 2.92 bits per heavy atom. The van der Waals surface area contributed by atoms with Crippen molar-refractivity contribution < 1.29 is 9.53 Å². The molecule has 0 saturated carbocycles. The minimum Gasteiger partial charge on any atom is -0.501 e. The van der Waals surface area contributed by atoms with E-state index in [4.69, 9.17) is 4.74 Å². The molecule has 2 atom stereocenters. The Labute approximate surface area is 144 Å². The lowest BCUT2D eigenvalue weighted by Crippen LogP contribution is -2.42. The van der Waals surface area contributed by atoms with E-state index in [9.17, 15) is 4.79 Å². The highest BCUT2D eigenvalue weighted by atomic mass is 16.5. The highest BCUT2D eigenvalue weighted by Gasteiger charge is 2.33. The zero-order valence-electron chi connectivity index (χ0n) is 14.9. The van der Waals surface area contributed by atoms with E-state index in [1.54, 1.807) is 6.26 Å². The van der Waals surface area contributed by atoms with E-state index in [2.05, 4.69) is 23.2 Å². The number of amides is 1. The van der Waals surface area contributed by atoms with Crippen LogP contribution < -0.4 is 0 Å². The van der Waals surface area contributed by atoms with E-state index in [1.165, 1.54) is 12.0 Å². The summed E-state index contributed by atoms with van der Waals surface area (Å²) in [6.45, 7) is 2.57. The molecular formula is C18H28N4O2. The topological polar surface area (TPSA) is 50.6 Å². The zero-order chi connectivity index (χ0) is 17.1. The summed E-state index contributed by atoms with van der Waals surface area (Å²) < 4.78 is 7.18. The van der Waals surface area contributed by atoms with Crippen LogP contribution in [0.25, 0.3) is 0 Å². The smallest absolute Gasteiger partial charge is 0.252 e. The number of carbonyl (C=O) groups excluding carboxylic acids is 1. The third-order valence-corrected chi connectivity index (χ3v) is 5.14. The lowest BCUT2D eigenvalue weighted by Gasteiger charge is -2.40. The molecule has 1 amide bonds. The minimum absolute atomic E-state index is 0.105. The Balaban J connectivity index is 1.71. The van der Waals surface area contributed by atoms with Crippen molar-refractivity contribution in [3.05, 3.63) is 29.8 Å². The van der Waals surface area contributed by atoms with Crippen molar-refractivity contribution in [3.63, 3.8) is 0 Å². The number of hydrogen-bond donors (Lipinski definition) is 0. The molecular weight excluding hydrogens is 304 g/mol. The summed E-state index contributed by atoms with van der Waals surface area (Å²) in [6.07, 6.45) is 9.75. The lowest BCUT2D eigenvalue weighted by molar-refractivity contribution is -0.127. The van der Waals surface area contributed by atoms with Crippen molar-refractivity contribution in [3.8, 4) is 0 Å². The SMILES string of the molecule is CN(C[C@@H]1CCCN(C)[C@H]1c1cnn(C)c1)C(=O)C1=COCCC1. The molecule has 0 aromatic carbocycles. The molecule has 0 N–H and O–H groups in total. The van der Waals surface area contributed by atoms with Crippen LogP contribution in [0.4, 0.5) is 0 Å². The minimum atomic E-state index is 0.105. The first kappa shape index (κ1) is 17.0. The highest BCUT2D eigenvalue weighted by molar-refractivity contribution is 5.93. The second kappa shape index (κ2) is 7.38. The summed E-state index contributed by atoms with van der Waals surface area (Å²) >= 11 is 0. The van der Waals surface area contributed by atoms with Gasteiger partial charge in [-0.05, 0) is 45.2 Å². The van der Waals surface area contributed by atoms with Crippen LogP contribution in [0.1, 0.15) is 37.3 Å². The molecule has 0 unspecified atom stereocenters. The molecule has 2 aliphatic heterocycles. The summed E-state index contributed by atoms with van der Waals surface area (Å²) in [5.41, 5.74) is 2.04. The monoisotopic (exact) mass is 332 g/mol. The number of hydrogen-bond acceptors (Lipinski definition) is 4. The van der Waals surface area contributed by atoms with Gasteiger partial charge in [0.05, 0.1) is 24.6 Å². The van der Waals surface area contributed by atoms with Crippen LogP contribution in [0.3, 0.4) is 0 Å². The number of likely N-dealkylation sites (N-methyl/N-ethyl adjacent to an activating group) is 1. The molecule has 1 aromatic heterocycles. The fourth-order valence-corrected chi connectivity index (χ4v) is 3.97. The molecule has 132 valence electrons. The molecule has 1 fully saturated rings. The summed E-state index contributed by atoms with van der Waals surface area (Å²) in [5.74, 6) is 0.528. The molecule has 6 heteroatoms. The van der Waals surface area contributed by atoms with Gasteiger partial charge < -0.3 is 9.64 Å². The number of nitrogens with zero attached hydrogens (tertiary/aromatic N) is 4. The molecule has 0 radical (unpaired) electrons. The van der Waals surface area contributed by atoms with Gasteiger partial charge in [0.2, 0.25) is 0 Å². The first-order valence-electron chi connectivity index (χ1n) is 8.81. The van der Waals surface area contributed by atoms with Crippen molar-refractivity contribution >= 4 is 5.91 Å². The normalized spacial score (nSPS) is 25.0. The lowest BCUT2D eigenvalue weighted by atomic mass is 9.85. The summed E-state index contributed by atoms with van der Waals surface area (Å²) in [5, 5.41) is 4.33. The fourth-order valence-electron chi connectivity index (χ4n) is 3.97. The predicted octanol–water partition coefficient (Wildman–Crippen LogP) is 1.96. The largest absolute Gasteiger partial charge is 0.501 e. The zero-order valence-corrected chi connectivity index (χ0v) is 14.9. The van der Waals surface area contributed by atoms with Crippen LogP contribution >= 0.6 is 0 Å². The van der Waals surface area contributed by atoms with E-state index < -0.39 is 0 Å². The summed E-state index contributed by atoms with van der Waals surface area (Å²) in [7, 11) is 6.03. The van der Waals surface area contributed by atoms with Crippen molar-refractivity contribution in [2.75, 3.05) is 33.8 Å². The number of likely N-dealkylation sites (tertiary alicyclic amines) is 1. The van der Waals surface area contributed by atoms with Crippen molar-refractivity contribution in [2.24, 2.45) is 13.0 Å². The summed E-state index contributed by atoms with van der Waals surface area (Å²) in [4.78, 5) is 16.9. The van der Waals surface area contributed by atoms with E-state index in [1.807, 2.05) is 29.9 Å². The maximum Gasteiger partial charge on any atom is 0.252 e. The standard InChI is InChI=1S/C18H28N4O2/c1-20-8-4-6-14(17(20)16-10-19-22(3)12-16)11-21(2)18(23)15-7-5-9-24-13-15/h10,12-14,17H,4-9,11H2,1-3H3/t14-,17+/m0/s1. The number of aryl methyl sites for hydroxylation is 1. The quantitative estimate of drug-likeness (QED) is 0.846. The number of rotatable bonds is 4. The summed E-state index contributed by atoms with van der Waals surface area (Å²) in [6, 6.07) is 0.319. The Morgan fingerprint density at radius 1 is 1.42 bits per heavy atom. The molecule has 2 aliphatic rings. The molecule has 1 saturated heterocycles. The highest BCUT2D eigenvalue weighted by Crippen LogP contribution is 2.35. The predicted molar refractivity (Wildman–Crippen MR) is 92.2 cm³/mol. The Kier molecular flexibility index (Phi) is 5.23. The van der Waals surface area contributed by atoms with E-state index in [0.29, 0.717) is 12.0 Å². The second-order valence-corrected chi connectivity index (χ2v) is 7.08. The van der Waals surface area contributed by atoms with Gasteiger partial charge in [0.15, 0.2) is 0 Å². The van der Waals surface area contributed by atoms with Gasteiger partial charge in [-0.3, -0.25) is 14.4 Å². The van der Waals surface area contributed by atoms with E-state index in [-0.39, 0.29) is 5.91 Å². The first-order valence-corrected chi connectivity index (χ1v) is 8.81. The van der Waals surface area contributed by atoms with Gasteiger partial charge in [-0.2, -0.15) is 5.10 Å². The van der Waals surface area contributed by atoms with Gasteiger partial charge >= 0.3 is 0 Å². The number of carbonyl (C=O) groups is 1. The Hall–Kier alpha value is -1.82. The molecule has 3 heterocycles. The van der Waals surface area contributed by atoms with Crippen LogP contribution in [0, 0.1) is 5.92 Å². The molecule has 0 aliphatic carbocycles. The van der Waals surface area contributed by atoms with Crippen LogP contribution in [0.2, 0.25) is 0 Å². The molecule has 3 rings (SSSR count). The van der Waals surface area contributed by atoms with E-state index in [0.717, 1.165) is 44.5 Å². The van der Waals surface area contributed by atoms with Crippen LogP contribution in [0.5, 0.6) is 0 Å². The molecule has 0 spiro atoms. The number of aromatic nitrogens is 2. The molecule has 6 nitrogen and oxygen atoms in total. The Bertz CT molecular complexity index is 610. The Morgan fingerprint density at radius 2 is 2.25 bits per heavy atom. The maximum atomic E-state index is 12.6.